The fourth-order valence-corrected chi connectivity index (χ4v) is 3.04. The number of aromatic hydroxyl groups is 1. The molecule has 0 aliphatic heterocycles. The van der Waals surface area contributed by atoms with Crippen molar-refractivity contribution in [2.75, 3.05) is 5.32 Å². The van der Waals surface area contributed by atoms with Crippen LogP contribution in [0.1, 0.15) is 22.9 Å². The molecule has 4 aromatic rings. The molecule has 4 rings (SSSR count). The number of benzene rings is 1. The third-order valence-electron chi connectivity index (χ3n) is 4.29. The van der Waals surface area contributed by atoms with Crippen molar-refractivity contribution in [1.82, 2.24) is 15.0 Å². The smallest absolute Gasteiger partial charge is 0.147 e. The van der Waals surface area contributed by atoms with E-state index in [1.54, 1.807) is 18.6 Å². The number of aryl methyl sites for hydroxylation is 1. The van der Waals surface area contributed by atoms with Crippen molar-refractivity contribution in [1.29, 1.82) is 0 Å². The Bertz CT molecular complexity index is 1050. The van der Waals surface area contributed by atoms with E-state index in [-0.39, 0.29) is 11.8 Å². The number of fused-ring (bicyclic) bond motifs is 1. The summed E-state index contributed by atoms with van der Waals surface area (Å²) < 4.78 is 0. The van der Waals surface area contributed by atoms with Gasteiger partial charge in [-0.05, 0) is 36.8 Å². The normalized spacial score (nSPS) is 12.0. The van der Waals surface area contributed by atoms with Crippen molar-refractivity contribution in [3.63, 3.8) is 0 Å². The fraction of sp³-hybridized carbons (Fsp3) is 0.0952. The van der Waals surface area contributed by atoms with Crippen LogP contribution in [0.3, 0.4) is 0 Å². The van der Waals surface area contributed by atoms with E-state index in [0.717, 1.165) is 28.0 Å². The first kappa shape index (κ1) is 16.0. The lowest BCUT2D eigenvalue weighted by Crippen LogP contribution is -2.14. The van der Waals surface area contributed by atoms with E-state index < -0.39 is 0 Å². The molecule has 0 aliphatic carbocycles. The minimum atomic E-state index is -0.301. The van der Waals surface area contributed by atoms with Gasteiger partial charge in [0.25, 0.3) is 0 Å². The van der Waals surface area contributed by atoms with E-state index in [1.807, 2.05) is 61.5 Å². The van der Waals surface area contributed by atoms with Gasteiger partial charge in [0, 0.05) is 35.2 Å². The van der Waals surface area contributed by atoms with Crippen molar-refractivity contribution in [3.8, 4) is 5.75 Å². The first-order valence-electron chi connectivity index (χ1n) is 8.39. The Morgan fingerprint density at radius 1 is 0.962 bits per heavy atom. The average molecular weight is 342 g/mol. The van der Waals surface area contributed by atoms with E-state index in [1.165, 1.54) is 0 Å². The number of nitrogens with zero attached hydrogens (tertiary/aromatic N) is 3. The van der Waals surface area contributed by atoms with Crippen molar-refractivity contribution in [2.45, 2.75) is 13.0 Å². The summed E-state index contributed by atoms with van der Waals surface area (Å²) in [4.78, 5) is 13.1. The summed E-state index contributed by atoms with van der Waals surface area (Å²) in [6.45, 7) is 1.95. The number of rotatable bonds is 4. The number of phenols is 1. The largest absolute Gasteiger partial charge is 0.505 e. The highest BCUT2D eigenvalue weighted by molar-refractivity contribution is 5.85. The zero-order valence-electron chi connectivity index (χ0n) is 14.3. The third kappa shape index (κ3) is 3.07. The fourth-order valence-electron chi connectivity index (χ4n) is 3.04. The molecule has 0 fully saturated rings. The van der Waals surface area contributed by atoms with Gasteiger partial charge in [0.2, 0.25) is 0 Å². The molecule has 2 N–H and O–H groups in total. The van der Waals surface area contributed by atoms with Gasteiger partial charge in [-0.25, -0.2) is 4.98 Å². The zero-order chi connectivity index (χ0) is 17.9. The molecular formula is C21H18N4O. The lowest BCUT2D eigenvalue weighted by Gasteiger charge is -2.21. The highest BCUT2D eigenvalue weighted by atomic mass is 16.3. The van der Waals surface area contributed by atoms with Crippen LogP contribution in [0.5, 0.6) is 5.75 Å². The van der Waals surface area contributed by atoms with Gasteiger partial charge in [-0.3, -0.25) is 9.97 Å². The minimum Gasteiger partial charge on any atom is -0.505 e. The van der Waals surface area contributed by atoms with Gasteiger partial charge in [-0.2, -0.15) is 0 Å². The molecule has 0 amide bonds. The summed E-state index contributed by atoms with van der Waals surface area (Å²) in [7, 11) is 0. The van der Waals surface area contributed by atoms with Crippen LogP contribution in [-0.2, 0) is 0 Å². The van der Waals surface area contributed by atoms with Crippen LogP contribution >= 0.6 is 0 Å². The maximum Gasteiger partial charge on any atom is 0.147 e. The molecule has 0 aliphatic rings. The van der Waals surface area contributed by atoms with Gasteiger partial charge in [-0.15, -0.1) is 0 Å². The number of anilines is 1. The SMILES string of the molecule is Cc1cccc(N[C@@H](c2cccnc2)c2ccc3cccnc3c2O)n1. The van der Waals surface area contributed by atoms with Gasteiger partial charge >= 0.3 is 0 Å². The van der Waals surface area contributed by atoms with E-state index >= 15 is 0 Å². The first-order chi connectivity index (χ1) is 12.7. The minimum absolute atomic E-state index is 0.164. The molecule has 0 radical (unpaired) electrons. The number of nitrogens with one attached hydrogen (secondary N) is 1. The lowest BCUT2D eigenvalue weighted by molar-refractivity contribution is 0.471. The van der Waals surface area contributed by atoms with Crippen molar-refractivity contribution >= 4 is 16.7 Å². The van der Waals surface area contributed by atoms with Crippen LogP contribution in [0.15, 0.2) is 73.2 Å². The Hall–Kier alpha value is -3.47. The summed E-state index contributed by atoms with van der Waals surface area (Å²) in [5.41, 5.74) is 3.16. The predicted molar refractivity (Wildman–Crippen MR) is 102 cm³/mol. The predicted octanol–water partition coefficient (Wildman–Crippen LogP) is 4.24. The molecule has 3 heterocycles. The van der Waals surface area contributed by atoms with Crippen LogP contribution in [0.4, 0.5) is 5.82 Å². The summed E-state index contributed by atoms with van der Waals surface area (Å²) in [6, 6.07) is 17.0. The van der Waals surface area contributed by atoms with Crippen LogP contribution in [0, 0.1) is 6.92 Å². The Kier molecular flexibility index (Phi) is 4.19. The first-order valence-corrected chi connectivity index (χ1v) is 8.39. The van der Waals surface area contributed by atoms with Crippen LogP contribution in [0.25, 0.3) is 10.9 Å². The van der Waals surface area contributed by atoms with Gasteiger partial charge in [0.15, 0.2) is 0 Å². The van der Waals surface area contributed by atoms with Gasteiger partial charge in [0.05, 0.1) is 6.04 Å². The van der Waals surface area contributed by atoms with E-state index in [9.17, 15) is 5.11 Å². The van der Waals surface area contributed by atoms with Gasteiger partial charge in [-0.1, -0.05) is 30.3 Å². The molecule has 0 spiro atoms. The van der Waals surface area contributed by atoms with Crippen molar-refractivity contribution in [2.24, 2.45) is 0 Å². The Morgan fingerprint density at radius 3 is 2.65 bits per heavy atom. The second-order valence-electron chi connectivity index (χ2n) is 6.11. The number of phenolic OH excluding ortho intramolecular Hbond substituents is 1. The molecule has 0 bridgehead atoms. The molecule has 5 nitrogen and oxygen atoms in total. The summed E-state index contributed by atoms with van der Waals surface area (Å²) in [6.07, 6.45) is 5.20. The quantitative estimate of drug-likeness (QED) is 0.580. The lowest BCUT2D eigenvalue weighted by atomic mass is 9.97. The van der Waals surface area contributed by atoms with Gasteiger partial charge < -0.3 is 10.4 Å². The Labute approximate surface area is 151 Å². The van der Waals surface area contributed by atoms with Crippen molar-refractivity contribution in [3.05, 3.63) is 90.0 Å². The van der Waals surface area contributed by atoms with Gasteiger partial charge in [0.1, 0.15) is 17.1 Å². The monoisotopic (exact) mass is 342 g/mol. The third-order valence-corrected chi connectivity index (χ3v) is 4.29. The maximum absolute atomic E-state index is 10.9. The van der Waals surface area contributed by atoms with Crippen molar-refractivity contribution < 1.29 is 5.11 Å². The van der Waals surface area contributed by atoms with E-state index in [2.05, 4.69) is 20.3 Å². The topological polar surface area (TPSA) is 70.9 Å². The molecule has 0 unspecified atom stereocenters. The molecule has 128 valence electrons. The number of hydrogen-bond donors (Lipinski definition) is 2. The second kappa shape index (κ2) is 6.80. The molecule has 0 saturated carbocycles. The number of aromatic nitrogens is 3. The summed E-state index contributed by atoms with van der Waals surface area (Å²) in [5, 5.41) is 15.2. The highest BCUT2D eigenvalue weighted by Crippen LogP contribution is 2.35. The standard InChI is InChI=1S/C21H18N4O/c1-14-5-2-8-18(24-14)25-19(16-7-3-11-22-13-16)17-10-9-15-6-4-12-23-20(15)21(17)26/h2-13,19,26H,1H3,(H,24,25)/t19-/m0/s1. The number of pyridine rings is 3. The summed E-state index contributed by atoms with van der Waals surface area (Å²) >= 11 is 0. The molecule has 1 aromatic carbocycles. The van der Waals surface area contributed by atoms with Crippen LogP contribution in [0.2, 0.25) is 0 Å². The molecule has 1 atom stereocenters. The van der Waals surface area contributed by atoms with Crippen LogP contribution < -0.4 is 5.32 Å². The highest BCUT2D eigenvalue weighted by Gasteiger charge is 2.20. The molecule has 0 saturated heterocycles. The summed E-state index contributed by atoms with van der Waals surface area (Å²) in [5.74, 6) is 0.900. The van der Waals surface area contributed by atoms with Crippen LogP contribution in [-0.4, -0.2) is 20.1 Å². The zero-order valence-corrected chi connectivity index (χ0v) is 14.3. The van der Waals surface area contributed by atoms with E-state index in [0.29, 0.717) is 5.52 Å². The molecule has 3 aromatic heterocycles. The second-order valence-corrected chi connectivity index (χ2v) is 6.11. The Balaban J connectivity index is 1.84. The maximum atomic E-state index is 10.9. The van der Waals surface area contributed by atoms with E-state index in [4.69, 9.17) is 0 Å². The number of hydrogen-bond acceptors (Lipinski definition) is 5. The molecule has 26 heavy (non-hydrogen) atoms. The average Bonchev–Trinajstić information content (AvgIpc) is 2.68. The molecular weight excluding hydrogens is 324 g/mol. The Morgan fingerprint density at radius 2 is 1.85 bits per heavy atom. The molecule has 5 heteroatoms.